The second-order valence-electron chi connectivity index (χ2n) is 4.40. The summed E-state index contributed by atoms with van der Waals surface area (Å²) in [5, 5.41) is 7.41. The summed E-state index contributed by atoms with van der Waals surface area (Å²) in [6.07, 6.45) is 2.72. The fourth-order valence-electron chi connectivity index (χ4n) is 1.75. The third-order valence-electron chi connectivity index (χ3n) is 2.91. The average molecular weight is 282 g/mol. The molecule has 0 heterocycles. The maximum atomic E-state index is 7.41. The van der Waals surface area contributed by atoms with Gasteiger partial charge in [0, 0.05) is 29.3 Å². The van der Waals surface area contributed by atoms with Crippen molar-refractivity contribution in [3.8, 4) is 0 Å². The predicted molar refractivity (Wildman–Crippen MR) is 71.2 cm³/mol. The molecular formula is C12H16BrN3. The van der Waals surface area contributed by atoms with E-state index in [0.717, 1.165) is 22.5 Å². The number of nitrogen functional groups attached to an aromatic ring is 1. The third kappa shape index (κ3) is 2.55. The summed E-state index contributed by atoms with van der Waals surface area (Å²) < 4.78 is 0.889. The maximum absolute atomic E-state index is 7.41. The van der Waals surface area contributed by atoms with Gasteiger partial charge < -0.3 is 10.6 Å². The van der Waals surface area contributed by atoms with Gasteiger partial charge in [0.15, 0.2) is 0 Å². The number of hydrogen-bond acceptors (Lipinski definition) is 2. The van der Waals surface area contributed by atoms with Crippen molar-refractivity contribution in [2.45, 2.75) is 12.8 Å². The Balaban J connectivity index is 2.15. The average Bonchev–Trinajstić information content (AvgIpc) is 3.00. The highest BCUT2D eigenvalue weighted by Gasteiger charge is 2.23. The molecule has 0 amide bonds. The van der Waals surface area contributed by atoms with Crippen LogP contribution in [0.25, 0.3) is 0 Å². The lowest BCUT2D eigenvalue weighted by Gasteiger charge is -2.19. The Morgan fingerprint density at radius 1 is 1.56 bits per heavy atom. The molecule has 0 unspecified atom stereocenters. The largest absolute Gasteiger partial charge is 0.384 e. The van der Waals surface area contributed by atoms with E-state index < -0.39 is 0 Å². The Bertz CT molecular complexity index is 413. The molecule has 0 bridgehead atoms. The molecule has 1 aromatic rings. The van der Waals surface area contributed by atoms with Crippen molar-refractivity contribution in [1.29, 1.82) is 5.41 Å². The summed E-state index contributed by atoms with van der Waals surface area (Å²) in [5.41, 5.74) is 7.39. The zero-order valence-electron chi connectivity index (χ0n) is 9.33. The smallest absolute Gasteiger partial charge is 0.123 e. The molecule has 3 nitrogen and oxygen atoms in total. The van der Waals surface area contributed by atoms with E-state index in [2.05, 4.69) is 27.9 Å². The van der Waals surface area contributed by atoms with Crippen molar-refractivity contribution in [2.75, 3.05) is 18.5 Å². The number of benzene rings is 1. The molecule has 0 spiro atoms. The van der Waals surface area contributed by atoms with Crippen LogP contribution in [0.2, 0.25) is 0 Å². The fourth-order valence-corrected chi connectivity index (χ4v) is 2.33. The monoisotopic (exact) mass is 281 g/mol. The van der Waals surface area contributed by atoms with E-state index >= 15 is 0 Å². The zero-order chi connectivity index (χ0) is 11.7. The van der Waals surface area contributed by atoms with E-state index in [0.29, 0.717) is 0 Å². The molecule has 1 aliphatic rings. The van der Waals surface area contributed by atoms with Crippen molar-refractivity contribution >= 4 is 27.5 Å². The fraction of sp³-hybridized carbons (Fsp3) is 0.417. The number of hydrogen-bond donors (Lipinski definition) is 2. The van der Waals surface area contributed by atoms with E-state index in [1.54, 1.807) is 0 Å². The number of anilines is 1. The Kier molecular flexibility index (Phi) is 3.19. The topological polar surface area (TPSA) is 53.1 Å². The number of halogens is 1. The Morgan fingerprint density at radius 2 is 2.25 bits per heavy atom. The molecule has 1 aromatic carbocycles. The van der Waals surface area contributed by atoms with E-state index in [9.17, 15) is 0 Å². The Labute approximate surface area is 104 Å². The lowest BCUT2D eigenvalue weighted by atomic mass is 10.2. The van der Waals surface area contributed by atoms with Crippen LogP contribution in [-0.2, 0) is 0 Å². The van der Waals surface area contributed by atoms with Gasteiger partial charge in [-0.05, 0) is 52.9 Å². The van der Waals surface area contributed by atoms with E-state index in [-0.39, 0.29) is 5.84 Å². The molecule has 0 aliphatic heterocycles. The minimum atomic E-state index is 0.100. The molecule has 0 saturated heterocycles. The third-order valence-corrected chi connectivity index (χ3v) is 3.57. The summed E-state index contributed by atoms with van der Waals surface area (Å²) in [6, 6.07) is 5.94. The number of nitrogens with zero attached hydrogens (tertiary/aromatic N) is 1. The maximum Gasteiger partial charge on any atom is 0.123 e. The minimum absolute atomic E-state index is 0.100. The van der Waals surface area contributed by atoms with Crippen LogP contribution in [0.15, 0.2) is 22.7 Å². The Hall–Kier alpha value is -1.03. The van der Waals surface area contributed by atoms with Crippen LogP contribution in [0.1, 0.15) is 18.4 Å². The second-order valence-corrected chi connectivity index (χ2v) is 5.26. The molecule has 0 aromatic heterocycles. The van der Waals surface area contributed by atoms with Gasteiger partial charge in [0.1, 0.15) is 5.84 Å². The molecule has 1 aliphatic carbocycles. The molecule has 4 heteroatoms. The normalized spacial score (nSPS) is 14.9. The highest BCUT2D eigenvalue weighted by molar-refractivity contribution is 9.10. The highest BCUT2D eigenvalue weighted by Crippen LogP contribution is 2.31. The van der Waals surface area contributed by atoms with Crippen LogP contribution >= 0.6 is 15.9 Å². The van der Waals surface area contributed by atoms with Crippen molar-refractivity contribution in [1.82, 2.24) is 0 Å². The molecule has 3 N–H and O–H groups in total. The molecule has 0 radical (unpaired) electrons. The van der Waals surface area contributed by atoms with Crippen LogP contribution in [0.4, 0.5) is 5.69 Å². The predicted octanol–water partition coefficient (Wildman–Crippen LogP) is 2.58. The summed E-state index contributed by atoms with van der Waals surface area (Å²) in [5.74, 6) is 0.972. The minimum Gasteiger partial charge on any atom is -0.384 e. The number of nitrogens with one attached hydrogen (secondary N) is 1. The lowest BCUT2D eigenvalue weighted by molar-refractivity contribution is 0.787. The van der Waals surface area contributed by atoms with Gasteiger partial charge in [-0.15, -0.1) is 0 Å². The number of amidine groups is 1. The first-order valence-corrected chi connectivity index (χ1v) is 6.22. The van der Waals surface area contributed by atoms with Gasteiger partial charge in [-0.1, -0.05) is 0 Å². The van der Waals surface area contributed by atoms with E-state index in [4.69, 9.17) is 11.1 Å². The van der Waals surface area contributed by atoms with Crippen LogP contribution < -0.4 is 10.6 Å². The van der Waals surface area contributed by atoms with Gasteiger partial charge in [0.2, 0.25) is 0 Å². The Morgan fingerprint density at radius 3 is 2.75 bits per heavy atom. The molecule has 2 rings (SSSR count). The van der Waals surface area contributed by atoms with Gasteiger partial charge in [-0.3, -0.25) is 5.41 Å². The second kappa shape index (κ2) is 4.45. The van der Waals surface area contributed by atoms with Gasteiger partial charge >= 0.3 is 0 Å². The molecule has 86 valence electrons. The first-order chi connectivity index (χ1) is 7.58. The van der Waals surface area contributed by atoms with Crippen molar-refractivity contribution < 1.29 is 0 Å². The standard InChI is InChI=1S/C12H16BrN3/c1-16(7-8-2-3-8)9-4-5-10(12(14)15)11(13)6-9/h4-6,8H,2-3,7H2,1H3,(H3,14,15). The zero-order valence-corrected chi connectivity index (χ0v) is 10.9. The van der Waals surface area contributed by atoms with Gasteiger partial charge in [0.25, 0.3) is 0 Å². The molecular weight excluding hydrogens is 266 g/mol. The number of rotatable bonds is 4. The molecule has 1 fully saturated rings. The van der Waals surface area contributed by atoms with Gasteiger partial charge in [0.05, 0.1) is 0 Å². The van der Waals surface area contributed by atoms with Crippen LogP contribution in [0.3, 0.4) is 0 Å². The first-order valence-electron chi connectivity index (χ1n) is 5.43. The van der Waals surface area contributed by atoms with Crippen molar-refractivity contribution in [2.24, 2.45) is 11.7 Å². The van der Waals surface area contributed by atoms with Crippen molar-refractivity contribution in [3.63, 3.8) is 0 Å². The lowest BCUT2D eigenvalue weighted by Crippen LogP contribution is -2.20. The van der Waals surface area contributed by atoms with Crippen molar-refractivity contribution in [3.05, 3.63) is 28.2 Å². The van der Waals surface area contributed by atoms with Gasteiger partial charge in [-0.25, -0.2) is 0 Å². The van der Waals surface area contributed by atoms with Gasteiger partial charge in [-0.2, -0.15) is 0 Å². The SMILES string of the molecule is CN(CC1CC1)c1ccc(C(=N)N)c(Br)c1. The molecule has 1 saturated carbocycles. The van der Waals surface area contributed by atoms with E-state index in [1.807, 2.05) is 18.2 Å². The molecule has 0 atom stereocenters. The molecule has 16 heavy (non-hydrogen) atoms. The summed E-state index contributed by atoms with van der Waals surface area (Å²) in [7, 11) is 2.10. The summed E-state index contributed by atoms with van der Waals surface area (Å²) in [6.45, 7) is 1.12. The summed E-state index contributed by atoms with van der Waals surface area (Å²) >= 11 is 3.45. The summed E-state index contributed by atoms with van der Waals surface area (Å²) in [4.78, 5) is 2.26. The first kappa shape index (κ1) is 11.5. The van der Waals surface area contributed by atoms with Crippen LogP contribution in [0.5, 0.6) is 0 Å². The highest BCUT2D eigenvalue weighted by atomic mass is 79.9. The van der Waals surface area contributed by atoms with E-state index in [1.165, 1.54) is 18.5 Å². The number of nitrogens with two attached hydrogens (primary N) is 1. The quantitative estimate of drug-likeness (QED) is 0.658. The van der Waals surface area contributed by atoms with Crippen LogP contribution in [0, 0.1) is 11.3 Å². The van der Waals surface area contributed by atoms with Crippen LogP contribution in [-0.4, -0.2) is 19.4 Å².